The third kappa shape index (κ3) is 6.49. The fourth-order valence-corrected chi connectivity index (χ4v) is 11.1. The Balaban J connectivity index is 2.38. The van der Waals surface area contributed by atoms with Crippen molar-refractivity contribution in [2.24, 2.45) is 5.92 Å². The zero-order chi connectivity index (χ0) is 22.1. The minimum Gasteiger partial charge on any atom is -0.417 e. The SMILES string of the molecule is CC(C)[Si](C#CC(OC(=O)C1CCCCCC1)=C1CCCCCC1)(C(C)C)C(C)C. The van der Waals surface area contributed by atoms with Crippen molar-refractivity contribution in [2.45, 2.75) is 135 Å². The maximum absolute atomic E-state index is 13.1. The van der Waals surface area contributed by atoms with E-state index in [0.717, 1.165) is 44.3 Å². The molecule has 0 unspecified atom stereocenters. The van der Waals surface area contributed by atoms with E-state index in [4.69, 9.17) is 4.74 Å². The molecule has 0 atom stereocenters. The molecule has 30 heavy (non-hydrogen) atoms. The third-order valence-electron chi connectivity index (χ3n) is 7.68. The summed E-state index contributed by atoms with van der Waals surface area (Å²) < 4.78 is 6.16. The highest BCUT2D eigenvalue weighted by Gasteiger charge is 2.42. The van der Waals surface area contributed by atoms with Crippen molar-refractivity contribution in [3.63, 3.8) is 0 Å². The van der Waals surface area contributed by atoms with E-state index in [1.54, 1.807) is 0 Å². The van der Waals surface area contributed by atoms with Crippen LogP contribution >= 0.6 is 0 Å². The number of rotatable bonds is 5. The van der Waals surface area contributed by atoms with E-state index in [2.05, 4.69) is 53.0 Å². The number of allylic oxidation sites excluding steroid dienone is 2. The second-order valence-electron chi connectivity index (χ2n) is 10.6. The van der Waals surface area contributed by atoms with Crippen LogP contribution in [0, 0.1) is 17.4 Å². The Morgan fingerprint density at radius 3 is 1.73 bits per heavy atom. The summed E-state index contributed by atoms with van der Waals surface area (Å²) in [5.41, 5.74) is 6.89. The molecular formula is C27H46O2Si. The van der Waals surface area contributed by atoms with Gasteiger partial charge in [-0.1, -0.05) is 80.1 Å². The molecule has 3 heteroatoms. The van der Waals surface area contributed by atoms with Crippen LogP contribution in [0.15, 0.2) is 11.3 Å². The van der Waals surface area contributed by atoms with Gasteiger partial charge in [-0.3, -0.25) is 4.79 Å². The van der Waals surface area contributed by atoms with Crippen molar-refractivity contribution in [2.75, 3.05) is 0 Å². The molecule has 0 radical (unpaired) electrons. The molecule has 0 aliphatic heterocycles. The van der Waals surface area contributed by atoms with E-state index in [9.17, 15) is 4.79 Å². The molecule has 0 spiro atoms. The van der Waals surface area contributed by atoms with Gasteiger partial charge in [0, 0.05) is 0 Å². The molecule has 0 saturated heterocycles. The summed E-state index contributed by atoms with van der Waals surface area (Å²) in [4.78, 5) is 13.1. The van der Waals surface area contributed by atoms with Crippen molar-refractivity contribution in [3.8, 4) is 11.5 Å². The first kappa shape index (κ1) is 25.2. The average molecular weight is 431 g/mol. The highest BCUT2D eigenvalue weighted by atomic mass is 28.3. The van der Waals surface area contributed by atoms with Crippen LogP contribution in [0.3, 0.4) is 0 Å². The van der Waals surface area contributed by atoms with Gasteiger partial charge in [-0.05, 0) is 66.6 Å². The number of carbonyl (C=O) groups excluding carboxylic acids is 1. The smallest absolute Gasteiger partial charge is 0.314 e. The molecule has 170 valence electrons. The van der Waals surface area contributed by atoms with Gasteiger partial charge in [0.1, 0.15) is 8.07 Å². The van der Waals surface area contributed by atoms with Gasteiger partial charge in [-0.2, -0.15) is 0 Å². The Morgan fingerprint density at radius 1 is 0.800 bits per heavy atom. The van der Waals surface area contributed by atoms with Crippen molar-refractivity contribution < 1.29 is 9.53 Å². The van der Waals surface area contributed by atoms with Gasteiger partial charge >= 0.3 is 5.97 Å². The van der Waals surface area contributed by atoms with Gasteiger partial charge in [0.15, 0.2) is 5.76 Å². The van der Waals surface area contributed by atoms with Crippen molar-refractivity contribution in [1.29, 1.82) is 0 Å². The van der Waals surface area contributed by atoms with Crippen molar-refractivity contribution in [3.05, 3.63) is 11.3 Å². The lowest BCUT2D eigenvalue weighted by molar-refractivity contribution is -0.144. The summed E-state index contributed by atoms with van der Waals surface area (Å²) in [7, 11) is -1.85. The first-order valence-electron chi connectivity index (χ1n) is 12.8. The first-order valence-corrected chi connectivity index (χ1v) is 15.0. The molecule has 0 amide bonds. The summed E-state index contributed by atoms with van der Waals surface area (Å²) in [5, 5.41) is 0. The molecule has 2 fully saturated rings. The quantitative estimate of drug-likeness (QED) is 0.144. The lowest BCUT2D eigenvalue weighted by Crippen LogP contribution is -2.43. The van der Waals surface area contributed by atoms with Crippen molar-refractivity contribution >= 4 is 14.0 Å². The molecule has 0 aromatic heterocycles. The zero-order valence-electron chi connectivity index (χ0n) is 20.6. The third-order valence-corrected chi connectivity index (χ3v) is 14.0. The Morgan fingerprint density at radius 2 is 1.27 bits per heavy atom. The molecule has 0 aromatic carbocycles. The number of esters is 1. The predicted octanol–water partition coefficient (Wildman–Crippen LogP) is 8.33. The lowest BCUT2D eigenvalue weighted by atomic mass is 10.0. The highest BCUT2D eigenvalue weighted by molar-refractivity contribution is 6.90. The largest absolute Gasteiger partial charge is 0.417 e. The van der Waals surface area contributed by atoms with Crippen LogP contribution in [0.2, 0.25) is 16.6 Å². The first-order chi connectivity index (χ1) is 14.3. The molecule has 2 aliphatic carbocycles. The Kier molecular flexibility index (Phi) is 10.2. The Hall–Kier alpha value is -1.01. The van der Waals surface area contributed by atoms with Gasteiger partial charge in [-0.15, -0.1) is 5.54 Å². The minimum absolute atomic E-state index is 0.0103. The number of hydrogen-bond acceptors (Lipinski definition) is 2. The fourth-order valence-electron chi connectivity index (χ4n) is 5.87. The summed E-state index contributed by atoms with van der Waals surface area (Å²) in [6.45, 7) is 14.1. The van der Waals surface area contributed by atoms with E-state index in [0.29, 0.717) is 16.6 Å². The van der Waals surface area contributed by atoms with Gasteiger partial charge in [0.2, 0.25) is 0 Å². The van der Waals surface area contributed by atoms with Crippen LogP contribution in [0.1, 0.15) is 119 Å². The molecule has 0 aromatic rings. The van der Waals surface area contributed by atoms with E-state index in [-0.39, 0.29) is 11.9 Å². The van der Waals surface area contributed by atoms with E-state index in [1.807, 2.05) is 0 Å². The molecule has 2 rings (SSSR count). The van der Waals surface area contributed by atoms with Gasteiger partial charge in [-0.25, -0.2) is 0 Å². The second kappa shape index (κ2) is 12.1. The maximum Gasteiger partial charge on any atom is 0.314 e. The molecule has 2 aliphatic rings. The van der Waals surface area contributed by atoms with Crippen LogP contribution in [0.4, 0.5) is 0 Å². The summed E-state index contributed by atoms with van der Waals surface area (Å²) in [5.74, 6) is 4.33. The van der Waals surface area contributed by atoms with Crippen LogP contribution in [-0.2, 0) is 9.53 Å². The van der Waals surface area contributed by atoms with E-state index < -0.39 is 8.07 Å². The predicted molar refractivity (Wildman–Crippen MR) is 131 cm³/mol. The topological polar surface area (TPSA) is 26.3 Å². The molecule has 0 bridgehead atoms. The normalized spacial score (nSPS) is 19.3. The Labute approximate surface area is 187 Å². The van der Waals surface area contributed by atoms with Crippen molar-refractivity contribution in [1.82, 2.24) is 0 Å². The number of ether oxygens (including phenoxy) is 1. The van der Waals surface area contributed by atoms with Crippen LogP contribution in [-0.4, -0.2) is 14.0 Å². The molecular weight excluding hydrogens is 384 g/mol. The van der Waals surface area contributed by atoms with Crippen LogP contribution in [0.5, 0.6) is 0 Å². The maximum atomic E-state index is 13.1. The summed E-state index contributed by atoms with van der Waals surface area (Å²) >= 11 is 0. The highest BCUT2D eigenvalue weighted by Crippen LogP contribution is 2.41. The standard InChI is InChI=1S/C27H46O2Si/c1-21(2)30(22(3)4,23(5)6)20-19-26(24-15-11-7-8-12-16-24)29-27(28)25-17-13-9-10-14-18-25/h21-23,25H,7-18H2,1-6H3. The molecule has 2 nitrogen and oxygen atoms in total. The van der Waals surface area contributed by atoms with Crippen LogP contribution in [0.25, 0.3) is 0 Å². The van der Waals surface area contributed by atoms with Gasteiger partial charge < -0.3 is 4.74 Å². The summed E-state index contributed by atoms with van der Waals surface area (Å²) in [6, 6.07) is 0. The Bertz CT molecular complexity index is 608. The molecule has 2 saturated carbocycles. The van der Waals surface area contributed by atoms with Gasteiger partial charge in [0.05, 0.1) is 5.92 Å². The fraction of sp³-hybridized carbons (Fsp3) is 0.815. The van der Waals surface area contributed by atoms with E-state index in [1.165, 1.54) is 44.1 Å². The monoisotopic (exact) mass is 430 g/mol. The lowest BCUT2D eigenvalue weighted by Gasteiger charge is -2.38. The van der Waals surface area contributed by atoms with E-state index >= 15 is 0 Å². The number of hydrogen-bond donors (Lipinski definition) is 0. The molecule has 0 heterocycles. The number of carbonyl (C=O) groups is 1. The second-order valence-corrected chi connectivity index (χ2v) is 16.2. The minimum atomic E-state index is -1.85. The van der Waals surface area contributed by atoms with Gasteiger partial charge in [0.25, 0.3) is 0 Å². The van der Waals surface area contributed by atoms with Crippen LogP contribution < -0.4 is 0 Å². The summed E-state index contributed by atoms with van der Waals surface area (Å²) in [6.07, 6.45) is 13.8. The molecule has 0 N–H and O–H groups in total. The zero-order valence-corrected chi connectivity index (χ0v) is 21.6. The average Bonchev–Trinajstić information content (AvgIpc) is 3.12.